The van der Waals surface area contributed by atoms with E-state index in [1.165, 1.54) is 14.0 Å². The highest BCUT2D eigenvalue weighted by Crippen LogP contribution is 2.44. The number of amides is 1. The number of anilines is 2. The summed E-state index contributed by atoms with van der Waals surface area (Å²) >= 11 is 0. The first-order valence-electron chi connectivity index (χ1n) is 9.93. The Balaban J connectivity index is 2.20. The SMILES string of the molecule is CCc1c(N2CCC(F)(CC)C2)c(F)cc(C(=O)OC)c1N(C(C)=O)C1CC1. The molecule has 1 unspecified atom stereocenters. The van der Waals surface area contributed by atoms with Gasteiger partial charge in [-0.15, -0.1) is 0 Å². The second-order valence-electron chi connectivity index (χ2n) is 7.72. The van der Waals surface area contributed by atoms with E-state index in [2.05, 4.69) is 0 Å². The minimum atomic E-state index is -1.35. The highest BCUT2D eigenvalue weighted by molar-refractivity contribution is 6.05. The predicted molar refractivity (Wildman–Crippen MR) is 104 cm³/mol. The van der Waals surface area contributed by atoms with Crippen LogP contribution in [0.2, 0.25) is 0 Å². The van der Waals surface area contributed by atoms with Crippen LogP contribution in [-0.4, -0.2) is 43.8 Å². The van der Waals surface area contributed by atoms with E-state index in [1.54, 1.807) is 16.7 Å². The zero-order valence-electron chi connectivity index (χ0n) is 17.0. The molecule has 7 heteroatoms. The van der Waals surface area contributed by atoms with Crippen LogP contribution in [0.4, 0.5) is 20.2 Å². The standard InChI is InChI=1S/C21H28F2N2O3/c1-5-15-18(25(13(3)26)14-7-8-14)16(20(27)28-4)11-17(22)19(15)24-10-9-21(23,6-2)12-24/h11,14H,5-10,12H2,1-4H3. The summed E-state index contributed by atoms with van der Waals surface area (Å²) in [5.74, 6) is -1.47. The van der Waals surface area contributed by atoms with Crippen molar-refractivity contribution in [2.75, 3.05) is 30.0 Å². The second kappa shape index (κ2) is 7.68. The third kappa shape index (κ3) is 3.59. The molecule has 0 spiro atoms. The summed E-state index contributed by atoms with van der Waals surface area (Å²) in [6, 6.07) is 1.14. The van der Waals surface area contributed by atoms with Gasteiger partial charge in [0, 0.05) is 31.5 Å². The number of benzene rings is 1. The van der Waals surface area contributed by atoms with Crippen molar-refractivity contribution in [1.82, 2.24) is 0 Å². The fourth-order valence-electron chi connectivity index (χ4n) is 4.14. The van der Waals surface area contributed by atoms with Crippen molar-refractivity contribution in [3.63, 3.8) is 0 Å². The molecule has 5 nitrogen and oxygen atoms in total. The lowest BCUT2D eigenvalue weighted by molar-refractivity contribution is -0.116. The average molecular weight is 394 g/mol. The molecule has 1 atom stereocenters. The van der Waals surface area contributed by atoms with E-state index in [0.29, 0.717) is 42.7 Å². The predicted octanol–water partition coefficient (Wildman–Crippen LogP) is 4.02. The van der Waals surface area contributed by atoms with Crippen molar-refractivity contribution in [1.29, 1.82) is 0 Å². The van der Waals surface area contributed by atoms with Gasteiger partial charge in [-0.2, -0.15) is 0 Å². The van der Waals surface area contributed by atoms with Crippen molar-refractivity contribution >= 4 is 23.3 Å². The lowest BCUT2D eigenvalue weighted by Gasteiger charge is -2.31. The summed E-state index contributed by atoms with van der Waals surface area (Å²) in [6.07, 6.45) is 2.78. The Morgan fingerprint density at radius 2 is 2.04 bits per heavy atom. The normalized spacial score (nSPS) is 21.7. The lowest BCUT2D eigenvalue weighted by Crippen LogP contribution is -2.35. The second-order valence-corrected chi connectivity index (χ2v) is 7.72. The van der Waals surface area contributed by atoms with Crippen LogP contribution in [0, 0.1) is 5.82 Å². The molecule has 1 amide bonds. The number of rotatable bonds is 6. The molecular formula is C21H28F2N2O3. The van der Waals surface area contributed by atoms with Gasteiger partial charge in [-0.3, -0.25) is 4.79 Å². The lowest BCUT2D eigenvalue weighted by atomic mass is 9.99. The number of hydrogen-bond donors (Lipinski definition) is 0. The third-order valence-electron chi connectivity index (χ3n) is 5.83. The molecule has 154 valence electrons. The summed E-state index contributed by atoms with van der Waals surface area (Å²) in [5.41, 5.74) is -0.0413. The first-order chi connectivity index (χ1) is 13.3. The maximum atomic E-state index is 15.2. The van der Waals surface area contributed by atoms with E-state index in [0.717, 1.165) is 18.9 Å². The fourth-order valence-corrected chi connectivity index (χ4v) is 4.14. The summed E-state index contributed by atoms with van der Waals surface area (Å²) in [5, 5.41) is 0. The van der Waals surface area contributed by atoms with E-state index < -0.39 is 17.5 Å². The number of hydrogen-bond acceptors (Lipinski definition) is 4. The van der Waals surface area contributed by atoms with E-state index in [9.17, 15) is 14.0 Å². The monoisotopic (exact) mass is 394 g/mol. The molecule has 28 heavy (non-hydrogen) atoms. The molecular weight excluding hydrogens is 366 g/mol. The number of carbonyl (C=O) groups excluding carboxylic acids is 2. The van der Waals surface area contributed by atoms with Gasteiger partial charge in [-0.05, 0) is 31.7 Å². The zero-order valence-corrected chi connectivity index (χ0v) is 17.0. The van der Waals surface area contributed by atoms with Crippen LogP contribution in [0.15, 0.2) is 6.07 Å². The number of ether oxygens (including phenoxy) is 1. The molecule has 2 aliphatic rings. The summed E-state index contributed by atoms with van der Waals surface area (Å²) < 4.78 is 34.9. The van der Waals surface area contributed by atoms with Crippen LogP contribution in [0.3, 0.4) is 0 Å². The molecule has 2 fully saturated rings. The Morgan fingerprint density at radius 3 is 2.50 bits per heavy atom. The Labute approximate surface area is 164 Å². The number of methoxy groups -OCH3 is 1. The number of carbonyl (C=O) groups is 2. The highest BCUT2D eigenvalue weighted by atomic mass is 19.1. The van der Waals surface area contributed by atoms with E-state index in [-0.39, 0.29) is 24.1 Å². The third-order valence-corrected chi connectivity index (χ3v) is 5.83. The smallest absolute Gasteiger partial charge is 0.340 e. The van der Waals surface area contributed by atoms with Gasteiger partial charge in [0.05, 0.1) is 30.6 Å². The number of halogens is 2. The molecule has 1 aromatic carbocycles. The Morgan fingerprint density at radius 1 is 1.36 bits per heavy atom. The number of esters is 1. The van der Waals surface area contributed by atoms with Gasteiger partial charge in [0.25, 0.3) is 0 Å². The Bertz CT molecular complexity index is 794. The topological polar surface area (TPSA) is 49.9 Å². The molecule has 0 N–H and O–H groups in total. The van der Waals surface area contributed by atoms with Gasteiger partial charge in [0.2, 0.25) is 5.91 Å². The fraction of sp³-hybridized carbons (Fsp3) is 0.619. The number of nitrogens with zero attached hydrogens (tertiary/aromatic N) is 2. The van der Waals surface area contributed by atoms with Gasteiger partial charge in [-0.25, -0.2) is 13.6 Å². The highest BCUT2D eigenvalue weighted by Gasteiger charge is 2.41. The molecule has 1 saturated heterocycles. The van der Waals surface area contributed by atoms with Crippen molar-refractivity contribution in [2.24, 2.45) is 0 Å². The number of alkyl halides is 1. The zero-order chi connectivity index (χ0) is 20.6. The van der Waals surface area contributed by atoms with Crippen LogP contribution >= 0.6 is 0 Å². The van der Waals surface area contributed by atoms with Crippen LogP contribution in [0.1, 0.15) is 62.4 Å². The minimum absolute atomic E-state index is 0.000923. The maximum Gasteiger partial charge on any atom is 0.340 e. The quantitative estimate of drug-likeness (QED) is 0.684. The van der Waals surface area contributed by atoms with Crippen LogP contribution < -0.4 is 9.80 Å². The van der Waals surface area contributed by atoms with Gasteiger partial charge >= 0.3 is 5.97 Å². The van der Waals surface area contributed by atoms with Gasteiger partial charge in [0.1, 0.15) is 11.5 Å². The molecule has 3 rings (SSSR count). The summed E-state index contributed by atoms with van der Waals surface area (Å²) in [7, 11) is 1.23. The van der Waals surface area contributed by atoms with Crippen LogP contribution in [-0.2, 0) is 16.0 Å². The summed E-state index contributed by atoms with van der Waals surface area (Å²) in [6.45, 7) is 5.59. The summed E-state index contributed by atoms with van der Waals surface area (Å²) in [4.78, 5) is 28.1. The molecule has 0 radical (unpaired) electrons. The van der Waals surface area contributed by atoms with Crippen molar-refractivity contribution in [3.05, 3.63) is 23.0 Å². The largest absolute Gasteiger partial charge is 0.465 e. The van der Waals surface area contributed by atoms with Crippen LogP contribution in [0.5, 0.6) is 0 Å². The Hall–Kier alpha value is -2.18. The van der Waals surface area contributed by atoms with Crippen molar-refractivity contribution < 1.29 is 23.1 Å². The minimum Gasteiger partial charge on any atom is -0.465 e. The van der Waals surface area contributed by atoms with Crippen LogP contribution in [0.25, 0.3) is 0 Å². The Kier molecular flexibility index (Phi) is 5.64. The van der Waals surface area contributed by atoms with Gasteiger partial charge < -0.3 is 14.5 Å². The molecule has 0 aromatic heterocycles. The van der Waals surface area contributed by atoms with E-state index >= 15 is 4.39 Å². The molecule has 1 heterocycles. The average Bonchev–Trinajstić information content (AvgIpc) is 3.42. The van der Waals surface area contributed by atoms with E-state index in [1.807, 2.05) is 6.92 Å². The molecule has 1 saturated carbocycles. The first-order valence-corrected chi connectivity index (χ1v) is 9.93. The molecule has 1 aliphatic heterocycles. The van der Waals surface area contributed by atoms with Gasteiger partial charge in [0.15, 0.2) is 0 Å². The molecule has 1 aromatic rings. The first kappa shape index (κ1) is 20.6. The molecule has 0 bridgehead atoms. The maximum absolute atomic E-state index is 15.2. The van der Waals surface area contributed by atoms with Crippen molar-refractivity contribution in [3.8, 4) is 0 Å². The van der Waals surface area contributed by atoms with E-state index in [4.69, 9.17) is 4.74 Å². The van der Waals surface area contributed by atoms with Crippen molar-refractivity contribution in [2.45, 2.75) is 64.6 Å². The van der Waals surface area contributed by atoms with Gasteiger partial charge in [-0.1, -0.05) is 13.8 Å². The molecule has 1 aliphatic carbocycles.